The summed E-state index contributed by atoms with van der Waals surface area (Å²) in [5.74, 6) is -1.14. The van der Waals surface area contributed by atoms with Gasteiger partial charge in [-0.25, -0.2) is 9.48 Å². The van der Waals surface area contributed by atoms with Gasteiger partial charge in [-0.1, -0.05) is 18.2 Å². The lowest BCUT2D eigenvalue weighted by molar-refractivity contribution is -0.124. The molecule has 1 aromatic carbocycles. The zero-order chi connectivity index (χ0) is 16.3. The molecule has 1 amide bonds. The van der Waals surface area contributed by atoms with Crippen molar-refractivity contribution in [1.82, 2.24) is 15.1 Å². The number of fused-ring (bicyclic) bond motifs is 1. The number of amides is 1. The molecule has 116 valence electrons. The highest BCUT2D eigenvalue weighted by atomic mass is 16.5. The first kappa shape index (κ1) is 15.7. The summed E-state index contributed by atoms with van der Waals surface area (Å²) < 4.78 is 6.04. The van der Waals surface area contributed by atoms with Gasteiger partial charge in [0, 0.05) is 18.5 Å². The Labute approximate surface area is 126 Å². The molecular weight excluding hydrogens is 286 g/mol. The van der Waals surface area contributed by atoms with Crippen LogP contribution in [0.4, 0.5) is 0 Å². The normalized spacial score (nSPS) is 10.7. The third-order valence-corrected chi connectivity index (χ3v) is 2.93. The van der Waals surface area contributed by atoms with Crippen molar-refractivity contribution in [2.45, 2.75) is 19.9 Å². The smallest absolute Gasteiger partial charge is 0.359 e. The minimum absolute atomic E-state index is 0.00930. The molecule has 0 atom stereocenters. The summed E-state index contributed by atoms with van der Waals surface area (Å²) in [5.41, 5.74) is -0.292. The van der Waals surface area contributed by atoms with E-state index in [2.05, 4.69) is 10.4 Å². The fourth-order valence-corrected chi connectivity index (χ4v) is 2.01. The lowest BCUT2D eigenvalue weighted by Crippen LogP contribution is -2.34. The number of hydrogen-bond acceptors (Lipinski definition) is 5. The van der Waals surface area contributed by atoms with E-state index in [-0.39, 0.29) is 17.3 Å². The molecule has 0 fully saturated rings. The Kier molecular flexibility index (Phi) is 4.55. The van der Waals surface area contributed by atoms with Gasteiger partial charge in [-0.15, -0.1) is 0 Å². The quantitative estimate of drug-likeness (QED) is 0.836. The molecule has 2 aromatic rings. The first-order valence-corrected chi connectivity index (χ1v) is 6.82. The Balaban J connectivity index is 2.27. The van der Waals surface area contributed by atoms with E-state index in [9.17, 15) is 14.4 Å². The zero-order valence-corrected chi connectivity index (χ0v) is 12.6. The molecule has 0 aliphatic rings. The molecule has 0 spiro atoms. The number of benzene rings is 1. The second-order valence-electron chi connectivity index (χ2n) is 5.12. The Morgan fingerprint density at radius 2 is 1.91 bits per heavy atom. The van der Waals surface area contributed by atoms with Crippen LogP contribution < -0.4 is 10.9 Å². The van der Waals surface area contributed by atoms with Gasteiger partial charge in [0.15, 0.2) is 12.3 Å². The highest BCUT2D eigenvalue weighted by Crippen LogP contribution is 2.13. The van der Waals surface area contributed by atoms with Crippen LogP contribution >= 0.6 is 0 Å². The second-order valence-corrected chi connectivity index (χ2v) is 5.12. The van der Waals surface area contributed by atoms with Crippen LogP contribution in [0.1, 0.15) is 24.3 Å². The average molecular weight is 303 g/mol. The fraction of sp³-hybridized carbons (Fsp3) is 0.333. The van der Waals surface area contributed by atoms with Gasteiger partial charge in [-0.05, 0) is 19.9 Å². The Morgan fingerprint density at radius 3 is 2.55 bits per heavy atom. The van der Waals surface area contributed by atoms with Gasteiger partial charge in [0.1, 0.15) is 0 Å². The molecule has 0 saturated carbocycles. The number of aryl methyl sites for hydroxylation is 1. The number of ether oxygens (including phenoxy) is 1. The molecule has 0 unspecified atom stereocenters. The zero-order valence-electron chi connectivity index (χ0n) is 12.6. The van der Waals surface area contributed by atoms with Crippen molar-refractivity contribution in [2.24, 2.45) is 7.05 Å². The van der Waals surface area contributed by atoms with Crippen molar-refractivity contribution >= 4 is 22.6 Å². The number of hydrogen-bond donors (Lipinski definition) is 1. The molecule has 0 radical (unpaired) electrons. The summed E-state index contributed by atoms with van der Waals surface area (Å²) in [6, 6.07) is 6.60. The van der Waals surface area contributed by atoms with Gasteiger partial charge < -0.3 is 10.1 Å². The number of nitrogens with zero attached hydrogens (tertiary/aromatic N) is 2. The van der Waals surface area contributed by atoms with Crippen LogP contribution in [-0.2, 0) is 16.6 Å². The van der Waals surface area contributed by atoms with Gasteiger partial charge in [-0.3, -0.25) is 9.59 Å². The number of nitrogens with one attached hydrogen (secondary N) is 1. The minimum Gasteiger partial charge on any atom is -0.451 e. The molecule has 0 bridgehead atoms. The average Bonchev–Trinajstić information content (AvgIpc) is 2.48. The monoisotopic (exact) mass is 303 g/mol. The van der Waals surface area contributed by atoms with Gasteiger partial charge in [-0.2, -0.15) is 5.10 Å². The van der Waals surface area contributed by atoms with E-state index in [1.54, 1.807) is 24.3 Å². The van der Waals surface area contributed by atoms with Crippen molar-refractivity contribution in [2.75, 3.05) is 6.61 Å². The maximum atomic E-state index is 12.1. The van der Waals surface area contributed by atoms with Crippen molar-refractivity contribution in [1.29, 1.82) is 0 Å². The Morgan fingerprint density at radius 1 is 1.27 bits per heavy atom. The van der Waals surface area contributed by atoms with Gasteiger partial charge in [0.2, 0.25) is 0 Å². The van der Waals surface area contributed by atoms with Crippen molar-refractivity contribution in [3.05, 3.63) is 40.3 Å². The van der Waals surface area contributed by atoms with Crippen molar-refractivity contribution in [3.63, 3.8) is 0 Å². The highest BCUT2D eigenvalue weighted by Gasteiger charge is 2.18. The van der Waals surface area contributed by atoms with E-state index in [0.717, 1.165) is 4.68 Å². The summed E-state index contributed by atoms with van der Waals surface area (Å²) in [5, 5.41) is 7.33. The van der Waals surface area contributed by atoms with Crippen LogP contribution in [0.25, 0.3) is 10.8 Å². The molecule has 22 heavy (non-hydrogen) atoms. The Bertz CT molecular complexity index is 780. The summed E-state index contributed by atoms with van der Waals surface area (Å²) in [6.07, 6.45) is 0. The van der Waals surface area contributed by atoms with Gasteiger partial charge in [0.05, 0.1) is 5.39 Å². The number of carbonyl (C=O) groups excluding carboxylic acids is 2. The molecule has 7 nitrogen and oxygen atoms in total. The maximum absolute atomic E-state index is 12.1. The predicted molar refractivity (Wildman–Crippen MR) is 80.5 cm³/mol. The van der Waals surface area contributed by atoms with E-state index in [1.165, 1.54) is 7.05 Å². The highest BCUT2D eigenvalue weighted by molar-refractivity contribution is 6.02. The standard InChI is InChI=1S/C15H17N3O4/c1-9(2)16-12(19)8-22-15(21)13-10-6-4-5-7-11(10)14(20)18(3)17-13/h4-7,9H,8H2,1-3H3,(H,16,19). The molecular formula is C15H17N3O4. The van der Waals surface area contributed by atoms with Crippen molar-refractivity contribution < 1.29 is 14.3 Å². The number of aromatic nitrogens is 2. The minimum atomic E-state index is -0.745. The van der Waals surface area contributed by atoms with Gasteiger partial charge >= 0.3 is 5.97 Å². The van der Waals surface area contributed by atoms with Crippen LogP contribution in [0.5, 0.6) is 0 Å². The third kappa shape index (κ3) is 3.30. The predicted octanol–water partition coefficient (Wildman–Crippen LogP) is 0.615. The van der Waals surface area contributed by atoms with E-state index >= 15 is 0 Å². The van der Waals surface area contributed by atoms with E-state index in [1.807, 2.05) is 13.8 Å². The number of rotatable bonds is 4. The summed E-state index contributed by atoms with van der Waals surface area (Å²) >= 11 is 0. The van der Waals surface area contributed by atoms with Crippen LogP contribution in [-0.4, -0.2) is 34.3 Å². The molecule has 1 aromatic heterocycles. The van der Waals surface area contributed by atoms with E-state index in [0.29, 0.717) is 10.8 Å². The van der Waals surface area contributed by atoms with Crippen molar-refractivity contribution in [3.8, 4) is 0 Å². The maximum Gasteiger partial charge on any atom is 0.359 e. The van der Waals surface area contributed by atoms with Gasteiger partial charge in [0.25, 0.3) is 11.5 Å². The first-order valence-electron chi connectivity index (χ1n) is 6.82. The van der Waals surface area contributed by atoms with Crippen LogP contribution in [0.15, 0.2) is 29.1 Å². The lowest BCUT2D eigenvalue weighted by atomic mass is 10.1. The SMILES string of the molecule is CC(C)NC(=O)COC(=O)c1nn(C)c(=O)c2ccccc12. The molecule has 0 aliphatic heterocycles. The largest absolute Gasteiger partial charge is 0.451 e. The molecule has 2 rings (SSSR count). The second kappa shape index (κ2) is 6.38. The van der Waals surface area contributed by atoms with E-state index in [4.69, 9.17) is 4.74 Å². The lowest BCUT2D eigenvalue weighted by Gasteiger charge is -2.10. The van der Waals surface area contributed by atoms with Crippen LogP contribution in [0.2, 0.25) is 0 Å². The molecule has 1 heterocycles. The van der Waals surface area contributed by atoms with Crippen LogP contribution in [0.3, 0.4) is 0 Å². The number of carbonyl (C=O) groups is 2. The topological polar surface area (TPSA) is 90.3 Å². The Hall–Kier alpha value is -2.70. The summed E-state index contributed by atoms with van der Waals surface area (Å²) in [4.78, 5) is 35.6. The molecule has 1 N–H and O–H groups in total. The summed E-state index contributed by atoms with van der Waals surface area (Å²) in [6.45, 7) is 3.22. The molecule has 0 saturated heterocycles. The van der Waals surface area contributed by atoms with E-state index < -0.39 is 18.5 Å². The number of esters is 1. The first-order chi connectivity index (χ1) is 10.4. The molecule has 7 heteroatoms. The fourth-order valence-electron chi connectivity index (χ4n) is 2.01. The summed E-state index contributed by atoms with van der Waals surface area (Å²) in [7, 11) is 1.46. The van der Waals surface area contributed by atoms with Crippen LogP contribution in [0, 0.1) is 0 Å². The molecule has 0 aliphatic carbocycles. The third-order valence-electron chi connectivity index (χ3n) is 2.93.